The topological polar surface area (TPSA) is 83.7 Å². The molecule has 0 aliphatic carbocycles. The fourth-order valence-electron chi connectivity index (χ4n) is 3.28. The third kappa shape index (κ3) is 4.96. The van der Waals surface area contributed by atoms with E-state index in [1.54, 1.807) is 35.2 Å². The lowest BCUT2D eigenvalue weighted by Gasteiger charge is -2.30. The number of aromatic nitrogens is 1. The van der Waals surface area contributed by atoms with Crippen molar-refractivity contribution in [3.8, 4) is 0 Å². The predicted molar refractivity (Wildman–Crippen MR) is 124 cm³/mol. The average molecular weight is 466 g/mol. The third-order valence-corrected chi connectivity index (χ3v) is 6.25. The van der Waals surface area contributed by atoms with Gasteiger partial charge in [0.15, 0.2) is 5.13 Å². The lowest BCUT2D eigenvalue weighted by molar-refractivity contribution is 0.0393. The Morgan fingerprint density at radius 1 is 1.23 bits per heavy atom. The number of hydrogen-bond acceptors (Lipinski definition) is 6. The number of benzene rings is 2. The Morgan fingerprint density at radius 2 is 1.97 bits per heavy atom. The monoisotopic (exact) mass is 465 g/mol. The lowest BCUT2D eigenvalue weighted by Crippen LogP contribution is -2.44. The van der Waals surface area contributed by atoms with Crippen LogP contribution < -0.4 is 16.0 Å². The highest BCUT2D eigenvalue weighted by atomic mass is 35.5. The molecule has 0 unspecified atom stereocenters. The molecule has 1 saturated heterocycles. The number of halogens is 2. The normalized spacial score (nSPS) is 14.7. The van der Waals surface area contributed by atoms with E-state index in [0.29, 0.717) is 52.9 Å². The van der Waals surface area contributed by atoms with E-state index in [-0.39, 0.29) is 6.03 Å². The highest BCUT2D eigenvalue weighted by Gasteiger charge is 2.22. The molecular formula is C20H21Cl2N5O2S. The van der Waals surface area contributed by atoms with Crippen molar-refractivity contribution in [1.29, 1.82) is 0 Å². The molecule has 1 aliphatic heterocycles. The zero-order valence-electron chi connectivity index (χ0n) is 16.1. The molecule has 4 rings (SSSR count). The first kappa shape index (κ1) is 21.1. The largest absolute Gasteiger partial charge is 0.379 e. The van der Waals surface area contributed by atoms with E-state index in [2.05, 4.69) is 15.2 Å². The van der Waals surface area contributed by atoms with E-state index >= 15 is 0 Å². The summed E-state index contributed by atoms with van der Waals surface area (Å²) >= 11 is 13.9. The van der Waals surface area contributed by atoms with Gasteiger partial charge in [-0.3, -0.25) is 9.80 Å². The number of anilines is 3. The van der Waals surface area contributed by atoms with Crippen molar-refractivity contribution in [2.75, 3.05) is 55.3 Å². The number of urea groups is 1. The molecule has 10 heteroatoms. The second kappa shape index (κ2) is 9.36. The second-order valence-electron chi connectivity index (χ2n) is 6.87. The van der Waals surface area contributed by atoms with Gasteiger partial charge in [-0.25, -0.2) is 9.78 Å². The summed E-state index contributed by atoms with van der Waals surface area (Å²) in [6.45, 7) is 4.25. The molecule has 7 nitrogen and oxygen atoms in total. The van der Waals surface area contributed by atoms with Gasteiger partial charge in [-0.15, -0.1) is 0 Å². The summed E-state index contributed by atoms with van der Waals surface area (Å²) in [5.74, 6) is 0. The Balaban J connectivity index is 1.61. The minimum atomic E-state index is -0.274. The number of carbonyl (C=O) groups excluding carboxylic acids is 1. The summed E-state index contributed by atoms with van der Waals surface area (Å²) in [6.07, 6.45) is 0. The van der Waals surface area contributed by atoms with Gasteiger partial charge in [0, 0.05) is 36.9 Å². The first-order chi connectivity index (χ1) is 14.5. The van der Waals surface area contributed by atoms with E-state index in [9.17, 15) is 4.79 Å². The number of nitrogens with zero attached hydrogens (tertiary/aromatic N) is 3. The Bertz CT molecular complexity index is 1040. The smallest absolute Gasteiger partial charge is 0.326 e. The van der Waals surface area contributed by atoms with Crippen LogP contribution in [0.3, 0.4) is 0 Å². The van der Waals surface area contributed by atoms with Crippen molar-refractivity contribution < 1.29 is 9.53 Å². The molecule has 1 aliphatic rings. The highest BCUT2D eigenvalue weighted by Crippen LogP contribution is 2.35. The standard InChI is InChI=1S/C20H21Cl2N5O2S/c21-13-1-3-14(4-2-13)24-20(28)27(6-5-26-7-9-29-10-8-26)17-12-18-16(11-15(17)22)25-19(23)30-18/h1-4,11-12H,5-10H2,(H2,23,25)(H,24,28). The number of thiazole rings is 1. The van der Waals surface area contributed by atoms with Crippen LogP contribution >= 0.6 is 34.5 Å². The number of morpholine rings is 1. The number of amides is 2. The van der Waals surface area contributed by atoms with Crippen molar-refractivity contribution in [2.24, 2.45) is 0 Å². The minimum absolute atomic E-state index is 0.274. The van der Waals surface area contributed by atoms with E-state index in [4.69, 9.17) is 33.7 Å². The number of nitrogen functional groups attached to an aromatic ring is 1. The summed E-state index contributed by atoms with van der Waals surface area (Å²) in [6, 6.07) is 10.3. The van der Waals surface area contributed by atoms with Gasteiger partial charge in [-0.05, 0) is 36.4 Å². The first-order valence-electron chi connectivity index (χ1n) is 9.49. The summed E-state index contributed by atoms with van der Waals surface area (Å²) in [4.78, 5) is 21.4. The predicted octanol–water partition coefficient (Wildman–Crippen LogP) is 4.56. The number of fused-ring (bicyclic) bond motifs is 1. The number of rotatable bonds is 5. The SMILES string of the molecule is Nc1nc2cc(Cl)c(N(CCN3CCOCC3)C(=O)Nc3ccc(Cl)cc3)cc2s1. The molecule has 158 valence electrons. The van der Waals surface area contributed by atoms with E-state index in [0.717, 1.165) is 23.3 Å². The third-order valence-electron chi connectivity index (χ3n) is 4.85. The Labute approximate surface area is 188 Å². The van der Waals surface area contributed by atoms with Crippen LogP contribution in [0.4, 0.5) is 21.3 Å². The maximum absolute atomic E-state index is 13.2. The molecule has 3 N–H and O–H groups in total. The maximum Gasteiger partial charge on any atom is 0.326 e. The molecule has 0 radical (unpaired) electrons. The molecular weight excluding hydrogens is 445 g/mol. The van der Waals surface area contributed by atoms with Crippen LogP contribution in [-0.2, 0) is 4.74 Å². The number of nitrogens with two attached hydrogens (primary N) is 1. The number of ether oxygens (including phenoxy) is 1. The van der Waals surface area contributed by atoms with Gasteiger partial charge in [-0.1, -0.05) is 34.5 Å². The van der Waals surface area contributed by atoms with Crippen LogP contribution in [0.25, 0.3) is 10.2 Å². The van der Waals surface area contributed by atoms with E-state index in [1.807, 2.05) is 6.07 Å². The van der Waals surface area contributed by atoms with Crippen LogP contribution in [0.1, 0.15) is 0 Å². The van der Waals surface area contributed by atoms with Gasteiger partial charge >= 0.3 is 6.03 Å². The average Bonchev–Trinajstić information content (AvgIpc) is 3.09. The van der Waals surface area contributed by atoms with Gasteiger partial charge in [0.2, 0.25) is 0 Å². The van der Waals surface area contributed by atoms with Crippen molar-refractivity contribution in [3.05, 3.63) is 46.4 Å². The van der Waals surface area contributed by atoms with E-state index in [1.165, 1.54) is 11.3 Å². The lowest BCUT2D eigenvalue weighted by atomic mass is 10.2. The fourth-order valence-corrected chi connectivity index (χ4v) is 4.42. The molecule has 2 amide bonds. The maximum atomic E-state index is 13.2. The number of nitrogens with one attached hydrogen (secondary N) is 1. The summed E-state index contributed by atoms with van der Waals surface area (Å²) in [5, 5.41) is 4.44. The molecule has 30 heavy (non-hydrogen) atoms. The Morgan fingerprint density at radius 3 is 2.70 bits per heavy atom. The van der Waals surface area contributed by atoms with Crippen LogP contribution in [0.15, 0.2) is 36.4 Å². The van der Waals surface area contributed by atoms with Crippen LogP contribution in [0.5, 0.6) is 0 Å². The van der Waals surface area contributed by atoms with E-state index < -0.39 is 0 Å². The molecule has 0 spiro atoms. The second-order valence-corrected chi connectivity index (χ2v) is 8.77. The molecule has 1 aromatic heterocycles. The van der Waals surface area contributed by atoms with Crippen molar-refractivity contribution in [2.45, 2.75) is 0 Å². The summed E-state index contributed by atoms with van der Waals surface area (Å²) < 4.78 is 6.29. The van der Waals surface area contributed by atoms with Crippen LogP contribution in [0, 0.1) is 0 Å². The Kier molecular flexibility index (Phi) is 6.60. The van der Waals surface area contributed by atoms with Crippen molar-refractivity contribution in [1.82, 2.24) is 9.88 Å². The molecule has 3 aromatic rings. The van der Waals surface area contributed by atoms with Crippen molar-refractivity contribution in [3.63, 3.8) is 0 Å². The zero-order chi connectivity index (χ0) is 21.1. The molecule has 0 atom stereocenters. The molecule has 2 aromatic carbocycles. The van der Waals surface area contributed by atoms with Crippen LogP contribution in [-0.4, -0.2) is 55.3 Å². The molecule has 2 heterocycles. The van der Waals surface area contributed by atoms with Crippen LogP contribution in [0.2, 0.25) is 10.0 Å². The minimum Gasteiger partial charge on any atom is -0.379 e. The molecule has 0 saturated carbocycles. The summed E-state index contributed by atoms with van der Waals surface area (Å²) in [7, 11) is 0. The quantitative estimate of drug-likeness (QED) is 0.576. The van der Waals surface area contributed by atoms with Gasteiger partial charge in [0.05, 0.1) is 34.1 Å². The zero-order valence-corrected chi connectivity index (χ0v) is 18.4. The van der Waals surface area contributed by atoms with Gasteiger partial charge in [-0.2, -0.15) is 0 Å². The number of hydrogen-bond donors (Lipinski definition) is 2. The Hall–Kier alpha value is -2.10. The van der Waals surface area contributed by atoms with Crippen molar-refractivity contribution >= 4 is 67.3 Å². The first-order valence-corrected chi connectivity index (χ1v) is 11.1. The fraction of sp³-hybridized carbons (Fsp3) is 0.300. The van der Waals surface area contributed by atoms with Gasteiger partial charge in [0.1, 0.15) is 0 Å². The van der Waals surface area contributed by atoms with Gasteiger partial charge < -0.3 is 15.8 Å². The number of carbonyl (C=O) groups is 1. The highest BCUT2D eigenvalue weighted by molar-refractivity contribution is 7.22. The van der Waals surface area contributed by atoms with Gasteiger partial charge in [0.25, 0.3) is 0 Å². The molecule has 0 bridgehead atoms. The summed E-state index contributed by atoms with van der Waals surface area (Å²) in [5.41, 5.74) is 7.83. The molecule has 1 fully saturated rings.